The van der Waals surface area contributed by atoms with E-state index in [2.05, 4.69) is 178 Å². The van der Waals surface area contributed by atoms with Gasteiger partial charge < -0.3 is 4.57 Å². The fourth-order valence-corrected chi connectivity index (χ4v) is 7.11. The van der Waals surface area contributed by atoms with Gasteiger partial charge in [-0.15, -0.1) is 0 Å². The Bertz CT molecular complexity index is 2320. The van der Waals surface area contributed by atoms with E-state index < -0.39 is 0 Å². The number of benzene rings is 6. The van der Waals surface area contributed by atoms with Gasteiger partial charge in [-0.3, -0.25) is 0 Å². The van der Waals surface area contributed by atoms with Crippen LogP contribution in [0.25, 0.3) is 72.3 Å². The Kier molecular flexibility index (Phi) is 7.07. The minimum Gasteiger partial charge on any atom is -0.309 e. The van der Waals surface area contributed by atoms with E-state index in [9.17, 15) is 0 Å². The molecule has 8 rings (SSSR count). The first-order valence-electron chi connectivity index (χ1n) is 16.3. The van der Waals surface area contributed by atoms with Gasteiger partial charge in [-0.1, -0.05) is 95.1 Å². The van der Waals surface area contributed by atoms with Crippen molar-refractivity contribution in [1.29, 1.82) is 0 Å². The van der Waals surface area contributed by atoms with E-state index in [1.54, 1.807) is 0 Å². The molecule has 0 amide bonds. The molecule has 0 bridgehead atoms. The summed E-state index contributed by atoms with van der Waals surface area (Å²) >= 11 is 0. The second kappa shape index (κ2) is 11.6. The summed E-state index contributed by atoms with van der Waals surface area (Å²) in [5, 5.41) is 2.47. The highest BCUT2D eigenvalue weighted by Gasteiger charge is 2.16. The fraction of sp³-hybridized carbons (Fsp3) is 0.0889. The monoisotopic (exact) mass is 604 g/mol. The van der Waals surface area contributed by atoms with Crippen LogP contribution in [-0.4, -0.2) is 9.55 Å². The molecule has 0 fully saturated rings. The lowest BCUT2D eigenvalue weighted by Gasteiger charge is -2.13. The van der Waals surface area contributed by atoms with Crippen molar-refractivity contribution in [2.75, 3.05) is 0 Å². The summed E-state index contributed by atoms with van der Waals surface area (Å²) in [6.45, 7) is 8.63. The van der Waals surface area contributed by atoms with Crippen molar-refractivity contribution in [2.45, 2.75) is 27.7 Å². The third-order valence-electron chi connectivity index (χ3n) is 9.08. The van der Waals surface area contributed by atoms with E-state index in [0.717, 1.165) is 33.8 Å². The summed E-state index contributed by atoms with van der Waals surface area (Å²) in [5.41, 5.74) is 17.5. The fourth-order valence-electron chi connectivity index (χ4n) is 7.11. The first-order valence-corrected chi connectivity index (χ1v) is 16.3. The second-order valence-corrected chi connectivity index (χ2v) is 12.9. The average molecular weight is 605 g/mol. The number of rotatable bonds is 5. The van der Waals surface area contributed by atoms with Gasteiger partial charge in [0.05, 0.1) is 22.4 Å². The molecule has 0 aliphatic heterocycles. The first-order chi connectivity index (χ1) is 22.9. The van der Waals surface area contributed by atoms with Crippen LogP contribution < -0.4 is 0 Å². The zero-order valence-electron chi connectivity index (χ0n) is 27.3. The summed E-state index contributed by atoms with van der Waals surface area (Å²) in [5.74, 6) is 0. The molecule has 2 aromatic heterocycles. The van der Waals surface area contributed by atoms with Gasteiger partial charge in [0.1, 0.15) is 0 Å². The Labute approximate surface area is 276 Å². The molecule has 47 heavy (non-hydrogen) atoms. The highest BCUT2D eigenvalue weighted by Crippen LogP contribution is 2.38. The summed E-state index contributed by atoms with van der Waals surface area (Å²) in [6.07, 6.45) is 0. The van der Waals surface area contributed by atoms with Crippen LogP contribution in [0.5, 0.6) is 0 Å². The molecule has 0 unspecified atom stereocenters. The normalized spacial score (nSPS) is 11.4. The lowest BCUT2D eigenvalue weighted by Crippen LogP contribution is -1.94. The predicted octanol–water partition coefficient (Wildman–Crippen LogP) is 12.1. The molecule has 0 radical (unpaired) electrons. The number of hydrogen-bond acceptors (Lipinski definition) is 1. The molecule has 0 saturated heterocycles. The van der Waals surface area contributed by atoms with Gasteiger partial charge in [0.25, 0.3) is 0 Å². The van der Waals surface area contributed by atoms with Gasteiger partial charge in [0.2, 0.25) is 0 Å². The minimum absolute atomic E-state index is 0.988. The van der Waals surface area contributed by atoms with Crippen molar-refractivity contribution in [1.82, 2.24) is 9.55 Å². The van der Waals surface area contributed by atoms with Crippen LogP contribution in [0, 0.1) is 27.7 Å². The van der Waals surface area contributed by atoms with Gasteiger partial charge in [-0.2, -0.15) is 0 Å². The highest BCUT2D eigenvalue weighted by molar-refractivity contribution is 6.11. The Hall–Kier alpha value is -5.73. The van der Waals surface area contributed by atoms with Gasteiger partial charge in [0.15, 0.2) is 0 Å². The molecule has 0 saturated carbocycles. The molecule has 0 N–H and O–H groups in total. The highest BCUT2D eigenvalue weighted by atomic mass is 15.0. The molecule has 226 valence electrons. The van der Waals surface area contributed by atoms with E-state index in [-0.39, 0.29) is 0 Å². The quantitative estimate of drug-likeness (QED) is 0.191. The molecule has 0 aliphatic rings. The molecule has 0 aliphatic carbocycles. The number of para-hydroxylation sites is 1. The van der Waals surface area contributed by atoms with Crippen molar-refractivity contribution >= 4 is 21.8 Å². The van der Waals surface area contributed by atoms with Crippen molar-refractivity contribution in [2.24, 2.45) is 0 Å². The van der Waals surface area contributed by atoms with E-state index in [4.69, 9.17) is 4.98 Å². The Morgan fingerprint density at radius 2 is 0.809 bits per heavy atom. The SMILES string of the molecule is Cc1cc(C)cc(-c2cc(-c3ccc4c(c3)c3cc(-c5ccccc5)ccc3n4-c3ccccc3)cc(-c3cc(C)cc(C)c3)n2)c1. The molecule has 0 spiro atoms. The largest absolute Gasteiger partial charge is 0.309 e. The van der Waals surface area contributed by atoms with Crippen molar-refractivity contribution in [3.05, 3.63) is 168 Å². The topological polar surface area (TPSA) is 17.8 Å². The molecule has 8 aromatic rings. The zero-order valence-corrected chi connectivity index (χ0v) is 27.3. The predicted molar refractivity (Wildman–Crippen MR) is 199 cm³/mol. The average Bonchev–Trinajstić information content (AvgIpc) is 3.41. The van der Waals surface area contributed by atoms with Gasteiger partial charge in [0, 0.05) is 27.6 Å². The summed E-state index contributed by atoms with van der Waals surface area (Å²) in [4.78, 5) is 5.26. The van der Waals surface area contributed by atoms with Gasteiger partial charge in [-0.05, 0) is 123 Å². The second-order valence-electron chi connectivity index (χ2n) is 12.9. The molecule has 2 heteroatoms. The van der Waals surface area contributed by atoms with Crippen LogP contribution in [0.1, 0.15) is 22.3 Å². The molecule has 2 nitrogen and oxygen atoms in total. The number of aryl methyl sites for hydroxylation is 4. The maximum Gasteiger partial charge on any atom is 0.0715 e. The minimum atomic E-state index is 0.988. The Balaban J connectivity index is 1.38. The third-order valence-corrected chi connectivity index (χ3v) is 9.08. The Morgan fingerprint density at radius 1 is 0.362 bits per heavy atom. The van der Waals surface area contributed by atoms with E-state index >= 15 is 0 Å². The van der Waals surface area contributed by atoms with Crippen LogP contribution in [0.2, 0.25) is 0 Å². The van der Waals surface area contributed by atoms with Crippen LogP contribution in [-0.2, 0) is 0 Å². The number of pyridine rings is 1. The molecule has 2 heterocycles. The molecular formula is C45H36N2. The molecule has 0 atom stereocenters. The summed E-state index contributed by atoms with van der Waals surface area (Å²) in [6, 6.07) is 53.0. The lowest BCUT2D eigenvalue weighted by atomic mass is 9.96. The summed E-state index contributed by atoms with van der Waals surface area (Å²) < 4.78 is 2.39. The van der Waals surface area contributed by atoms with Gasteiger partial charge >= 0.3 is 0 Å². The smallest absolute Gasteiger partial charge is 0.0715 e. The number of hydrogen-bond donors (Lipinski definition) is 0. The number of fused-ring (bicyclic) bond motifs is 3. The maximum atomic E-state index is 5.26. The van der Waals surface area contributed by atoms with Crippen LogP contribution >= 0.6 is 0 Å². The van der Waals surface area contributed by atoms with E-state index in [1.807, 2.05) is 0 Å². The molecule has 6 aromatic carbocycles. The van der Waals surface area contributed by atoms with E-state index in [0.29, 0.717) is 0 Å². The van der Waals surface area contributed by atoms with Crippen molar-refractivity contribution in [3.63, 3.8) is 0 Å². The Morgan fingerprint density at radius 3 is 1.30 bits per heavy atom. The van der Waals surface area contributed by atoms with Crippen LogP contribution in [0.3, 0.4) is 0 Å². The van der Waals surface area contributed by atoms with Crippen molar-refractivity contribution in [3.8, 4) is 50.5 Å². The zero-order chi connectivity index (χ0) is 32.1. The number of aromatic nitrogens is 2. The number of nitrogens with zero attached hydrogens (tertiary/aromatic N) is 2. The van der Waals surface area contributed by atoms with Gasteiger partial charge in [-0.25, -0.2) is 4.98 Å². The third kappa shape index (κ3) is 5.42. The van der Waals surface area contributed by atoms with Crippen LogP contribution in [0.4, 0.5) is 0 Å². The lowest BCUT2D eigenvalue weighted by molar-refractivity contribution is 1.18. The van der Waals surface area contributed by atoms with Crippen molar-refractivity contribution < 1.29 is 0 Å². The van der Waals surface area contributed by atoms with Crippen LogP contribution in [0.15, 0.2) is 146 Å². The first kappa shape index (κ1) is 28.7. The summed E-state index contributed by atoms with van der Waals surface area (Å²) in [7, 11) is 0. The van der Waals surface area contributed by atoms with E-state index in [1.165, 1.54) is 60.8 Å². The molecular weight excluding hydrogens is 569 g/mol. The maximum absolute atomic E-state index is 5.26. The standard InChI is InChI=1S/C45H36N2/c1-29-19-30(2)22-37(21-29)42-27-36(28-43(46-42)38-23-31(3)20-32(4)24-38)35-16-18-45-41(26-35)40-25-34(33-11-7-5-8-12-33)15-17-44(40)47(45)39-13-9-6-10-14-39/h5-28H,1-4H3.